The maximum Gasteiger partial charge on any atom is 0.294 e. The van der Waals surface area contributed by atoms with E-state index in [1.807, 2.05) is 6.92 Å². The van der Waals surface area contributed by atoms with Crippen molar-refractivity contribution in [3.05, 3.63) is 69.1 Å². The van der Waals surface area contributed by atoms with Crippen LogP contribution >= 0.6 is 23.4 Å². The second-order valence-corrected chi connectivity index (χ2v) is 10.7. The monoisotopic (exact) mass is 509 g/mol. The summed E-state index contributed by atoms with van der Waals surface area (Å²) in [4.78, 5) is 41.7. The molecule has 2 aromatic carbocycles. The van der Waals surface area contributed by atoms with Gasteiger partial charge < -0.3 is 10.2 Å². The molecule has 0 aromatic heterocycles. The summed E-state index contributed by atoms with van der Waals surface area (Å²) in [5.41, 5.74) is 5.76. The third-order valence-electron chi connectivity index (χ3n) is 6.25. The molecule has 0 bridgehead atoms. The molecule has 35 heavy (non-hydrogen) atoms. The lowest BCUT2D eigenvalue weighted by Crippen LogP contribution is -2.44. The van der Waals surface area contributed by atoms with E-state index in [-0.39, 0.29) is 12.1 Å². The summed E-state index contributed by atoms with van der Waals surface area (Å²) in [6.07, 6.45) is 4.00. The minimum Gasteiger partial charge on any atom is -0.363 e. The fourth-order valence-electron chi connectivity index (χ4n) is 4.67. The minimum atomic E-state index is -0.470. The number of halogens is 1. The van der Waals surface area contributed by atoms with E-state index in [9.17, 15) is 14.4 Å². The number of nitrogens with one attached hydrogen (secondary N) is 1. The lowest BCUT2D eigenvalue weighted by molar-refractivity contribution is -0.127. The van der Waals surface area contributed by atoms with Crippen molar-refractivity contribution in [3.8, 4) is 0 Å². The van der Waals surface area contributed by atoms with Crippen LogP contribution in [-0.4, -0.2) is 40.6 Å². The Kier molecular flexibility index (Phi) is 6.84. The van der Waals surface area contributed by atoms with Gasteiger partial charge in [-0.15, -0.1) is 0 Å². The molecule has 2 heterocycles. The van der Waals surface area contributed by atoms with Crippen molar-refractivity contribution < 1.29 is 14.4 Å². The van der Waals surface area contributed by atoms with E-state index in [1.165, 1.54) is 5.57 Å². The van der Waals surface area contributed by atoms with Crippen molar-refractivity contribution in [2.45, 2.75) is 40.2 Å². The van der Waals surface area contributed by atoms with Gasteiger partial charge in [-0.1, -0.05) is 23.7 Å². The van der Waals surface area contributed by atoms with Crippen molar-refractivity contribution >= 4 is 63.4 Å². The Balaban J connectivity index is 1.57. The van der Waals surface area contributed by atoms with Gasteiger partial charge in [0.1, 0.15) is 6.54 Å². The van der Waals surface area contributed by atoms with Gasteiger partial charge >= 0.3 is 0 Å². The predicted octanol–water partition coefficient (Wildman–Crippen LogP) is 6.35. The molecular weight excluding hydrogens is 482 g/mol. The highest BCUT2D eigenvalue weighted by Crippen LogP contribution is 2.41. The molecule has 4 rings (SSSR count). The zero-order valence-electron chi connectivity index (χ0n) is 20.4. The number of amides is 3. The van der Waals surface area contributed by atoms with Crippen molar-refractivity contribution in [1.82, 2.24) is 4.90 Å². The Hall–Kier alpha value is -3.03. The van der Waals surface area contributed by atoms with Crippen LogP contribution in [0.25, 0.3) is 11.6 Å². The van der Waals surface area contributed by atoms with Crippen LogP contribution in [0, 0.1) is 6.92 Å². The van der Waals surface area contributed by atoms with Crippen LogP contribution in [0.3, 0.4) is 0 Å². The largest absolute Gasteiger partial charge is 0.363 e. The molecule has 0 atom stereocenters. The van der Waals surface area contributed by atoms with Crippen molar-refractivity contribution in [1.29, 1.82) is 0 Å². The molecule has 2 aliphatic rings. The van der Waals surface area contributed by atoms with Gasteiger partial charge in [0.05, 0.1) is 10.4 Å². The summed E-state index contributed by atoms with van der Waals surface area (Å²) in [6, 6.07) is 10.9. The molecule has 1 fully saturated rings. The molecule has 2 aliphatic heterocycles. The summed E-state index contributed by atoms with van der Waals surface area (Å²) in [5, 5.41) is 2.69. The van der Waals surface area contributed by atoms with Gasteiger partial charge in [0.15, 0.2) is 0 Å². The number of hydrogen-bond acceptors (Lipinski definition) is 5. The molecule has 182 valence electrons. The number of thioether (sulfide) groups is 1. The maximum absolute atomic E-state index is 13.0. The fraction of sp³-hybridized carbons (Fsp3) is 0.296. The number of aryl methyl sites for hydroxylation is 1. The predicted molar refractivity (Wildman–Crippen MR) is 145 cm³/mol. The summed E-state index contributed by atoms with van der Waals surface area (Å²) < 4.78 is 0. The number of hydrogen-bond donors (Lipinski definition) is 1. The Morgan fingerprint density at radius 2 is 1.91 bits per heavy atom. The van der Waals surface area contributed by atoms with Gasteiger partial charge in [0.25, 0.3) is 11.1 Å². The van der Waals surface area contributed by atoms with Gasteiger partial charge in [0, 0.05) is 28.5 Å². The maximum atomic E-state index is 13.0. The fourth-order valence-corrected chi connectivity index (χ4v) is 5.69. The van der Waals surface area contributed by atoms with E-state index in [1.54, 1.807) is 30.3 Å². The third kappa shape index (κ3) is 5.02. The molecule has 1 saturated heterocycles. The third-order valence-corrected chi connectivity index (χ3v) is 7.39. The minimum absolute atomic E-state index is 0.0892. The number of carbonyl (C=O) groups excluding carboxylic acids is 3. The van der Waals surface area contributed by atoms with E-state index in [2.05, 4.69) is 56.1 Å². The van der Waals surface area contributed by atoms with E-state index in [4.69, 9.17) is 11.6 Å². The van der Waals surface area contributed by atoms with Crippen LogP contribution in [0.15, 0.2) is 47.4 Å². The quantitative estimate of drug-likeness (QED) is 0.476. The Labute approximate surface area is 215 Å². The number of carbonyl (C=O) groups is 3. The van der Waals surface area contributed by atoms with Crippen LogP contribution in [0.4, 0.5) is 16.2 Å². The first kappa shape index (κ1) is 25.1. The molecule has 8 heteroatoms. The number of allylic oxidation sites excluding steroid dienone is 1. The van der Waals surface area contributed by atoms with Crippen molar-refractivity contribution in [2.75, 3.05) is 23.3 Å². The first-order chi connectivity index (χ1) is 16.5. The summed E-state index contributed by atoms with van der Waals surface area (Å²) in [6.45, 7) is 11.2. The molecule has 0 aliphatic carbocycles. The Morgan fingerprint density at radius 3 is 2.60 bits per heavy atom. The van der Waals surface area contributed by atoms with Crippen LogP contribution in [-0.2, 0) is 9.59 Å². The first-order valence-electron chi connectivity index (χ1n) is 11.4. The summed E-state index contributed by atoms with van der Waals surface area (Å²) in [7, 11) is 0. The molecule has 0 spiro atoms. The topological polar surface area (TPSA) is 69.7 Å². The molecule has 0 radical (unpaired) electrons. The van der Waals surface area contributed by atoms with Gasteiger partial charge in [-0.3, -0.25) is 19.3 Å². The molecule has 0 saturated carbocycles. The number of benzene rings is 2. The molecule has 1 N–H and O–H groups in total. The zero-order chi connectivity index (χ0) is 25.5. The number of nitrogens with zero attached hydrogens (tertiary/aromatic N) is 2. The molecule has 0 unspecified atom stereocenters. The lowest BCUT2D eigenvalue weighted by atomic mass is 9.87. The number of rotatable bonds is 5. The van der Waals surface area contributed by atoms with Gasteiger partial charge in [-0.25, -0.2) is 0 Å². The standard InChI is InChI=1S/C27H28ClN3O3S/c1-6-31-22-10-16(2)18(11-21(22)17(3)14-27(31,4)5)12-23-25(33)30(26(34)35-23)15-24(32)29-20-9-7-8-19(28)13-20/h7-14H,6,15H2,1-5H3,(H,29,32)/b23-12-. The van der Waals surface area contributed by atoms with E-state index in [0.717, 1.165) is 45.6 Å². The Bertz CT molecular complexity index is 1300. The van der Waals surface area contributed by atoms with E-state index in [0.29, 0.717) is 15.6 Å². The highest BCUT2D eigenvalue weighted by Gasteiger charge is 2.37. The average Bonchev–Trinajstić information content (AvgIpc) is 3.02. The second-order valence-electron chi connectivity index (χ2n) is 9.28. The first-order valence-corrected chi connectivity index (χ1v) is 12.6. The van der Waals surface area contributed by atoms with Crippen molar-refractivity contribution in [3.63, 3.8) is 0 Å². The van der Waals surface area contributed by atoms with Crippen LogP contribution in [0.1, 0.15) is 44.4 Å². The SMILES string of the molecule is CCN1c2cc(C)c(/C=C3\SC(=O)N(CC(=O)Nc4cccc(Cl)c4)C3=O)cc2C(C)=CC1(C)C. The average molecular weight is 510 g/mol. The van der Waals surface area contributed by atoms with E-state index >= 15 is 0 Å². The summed E-state index contributed by atoms with van der Waals surface area (Å²) >= 11 is 6.80. The molecular formula is C27H28ClN3O3S. The summed E-state index contributed by atoms with van der Waals surface area (Å²) in [5.74, 6) is -0.939. The lowest BCUT2D eigenvalue weighted by Gasteiger charge is -2.43. The number of imide groups is 1. The number of likely N-dealkylation sites (N-methyl/N-ethyl adjacent to an activating group) is 1. The van der Waals surface area contributed by atoms with Gasteiger partial charge in [0.2, 0.25) is 5.91 Å². The second kappa shape index (κ2) is 9.55. The van der Waals surface area contributed by atoms with Crippen LogP contribution < -0.4 is 10.2 Å². The van der Waals surface area contributed by atoms with Crippen LogP contribution in [0.2, 0.25) is 5.02 Å². The molecule has 6 nitrogen and oxygen atoms in total. The normalized spacial score (nSPS) is 18.1. The van der Waals surface area contributed by atoms with Crippen LogP contribution in [0.5, 0.6) is 0 Å². The number of fused-ring (bicyclic) bond motifs is 1. The molecule has 3 amide bonds. The highest BCUT2D eigenvalue weighted by molar-refractivity contribution is 8.18. The van der Waals surface area contributed by atoms with Gasteiger partial charge in [-0.05, 0) is 99.5 Å². The van der Waals surface area contributed by atoms with E-state index < -0.39 is 17.1 Å². The smallest absolute Gasteiger partial charge is 0.294 e. The highest BCUT2D eigenvalue weighted by atomic mass is 35.5. The Morgan fingerprint density at radius 1 is 1.17 bits per heavy atom. The van der Waals surface area contributed by atoms with Gasteiger partial charge in [-0.2, -0.15) is 0 Å². The molecule has 2 aromatic rings. The van der Waals surface area contributed by atoms with Crippen molar-refractivity contribution in [2.24, 2.45) is 0 Å². The zero-order valence-corrected chi connectivity index (χ0v) is 22.0. The number of anilines is 2.